The lowest BCUT2D eigenvalue weighted by molar-refractivity contribution is 0.811. The summed E-state index contributed by atoms with van der Waals surface area (Å²) in [6, 6.07) is 1.94. The van der Waals surface area contributed by atoms with Gasteiger partial charge in [0.1, 0.15) is 22.5 Å². The quantitative estimate of drug-likeness (QED) is 0.826. The van der Waals surface area contributed by atoms with E-state index in [4.69, 9.17) is 0 Å². The molecule has 0 radical (unpaired) electrons. The molecule has 0 aromatic carbocycles. The van der Waals surface area contributed by atoms with Gasteiger partial charge in [0, 0.05) is 26.0 Å². The predicted octanol–water partition coefficient (Wildman–Crippen LogP) is 3.04. The molecule has 0 aliphatic rings. The maximum atomic E-state index is 4.55. The second-order valence-corrected chi connectivity index (χ2v) is 5.96. The van der Waals surface area contributed by atoms with Crippen molar-refractivity contribution in [1.82, 2.24) is 19.3 Å². The Hall–Kier alpha value is -1.21. The van der Waals surface area contributed by atoms with E-state index in [1.54, 1.807) is 11.8 Å². The van der Waals surface area contributed by atoms with Gasteiger partial charge in [-0.25, -0.2) is 15.0 Å². The van der Waals surface area contributed by atoms with Crippen LogP contribution in [-0.4, -0.2) is 26.4 Å². The van der Waals surface area contributed by atoms with E-state index in [2.05, 4.69) is 38.5 Å². The number of anilines is 1. The molecule has 0 amide bonds. The second-order valence-electron chi connectivity index (χ2n) is 3.94. The lowest BCUT2D eigenvalue weighted by Crippen LogP contribution is -2.01. The number of aryl methyl sites for hydroxylation is 2. The van der Waals surface area contributed by atoms with Crippen molar-refractivity contribution in [3.05, 3.63) is 17.7 Å². The van der Waals surface area contributed by atoms with E-state index in [0.29, 0.717) is 0 Å². The van der Waals surface area contributed by atoms with Gasteiger partial charge in [-0.3, -0.25) is 0 Å². The molecule has 0 atom stereocenters. The zero-order valence-corrected chi connectivity index (χ0v) is 12.9. The Bertz CT molecular complexity index is 541. The summed E-state index contributed by atoms with van der Waals surface area (Å²) in [7, 11) is 1.87. The van der Waals surface area contributed by atoms with Crippen LogP contribution in [0, 0.1) is 0 Å². The smallest absolute Gasteiger partial charge is 0.176 e. The molecule has 2 heterocycles. The van der Waals surface area contributed by atoms with Gasteiger partial charge in [0.05, 0.1) is 0 Å². The molecule has 7 heteroatoms. The fourth-order valence-electron chi connectivity index (χ4n) is 1.50. The van der Waals surface area contributed by atoms with Crippen molar-refractivity contribution in [3.63, 3.8) is 0 Å². The molecular formula is C12H17N5S2. The maximum Gasteiger partial charge on any atom is 0.176 e. The van der Waals surface area contributed by atoms with Crippen molar-refractivity contribution in [1.29, 1.82) is 0 Å². The summed E-state index contributed by atoms with van der Waals surface area (Å²) in [5.41, 5.74) is 0. The van der Waals surface area contributed by atoms with E-state index < -0.39 is 0 Å². The first kappa shape index (κ1) is 14.2. The molecule has 0 aliphatic carbocycles. The van der Waals surface area contributed by atoms with Crippen LogP contribution in [-0.2, 0) is 12.8 Å². The van der Waals surface area contributed by atoms with Gasteiger partial charge >= 0.3 is 0 Å². The lowest BCUT2D eigenvalue weighted by atomic mass is 10.3. The summed E-state index contributed by atoms with van der Waals surface area (Å²) >= 11 is 2.97. The van der Waals surface area contributed by atoms with Crippen molar-refractivity contribution in [2.75, 3.05) is 12.4 Å². The molecule has 5 nitrogen and oxygen atoms in total. The Labute approximate surface area is 121 Å². The normalized spacial score (nSPS) is 10.7. The van der Waals surface area contributed by atoms with E-state index in [-0.39, 0.29) is 0 Å². The highest BCUT2D eigenvalue weighted by atomic mass is 32.2. The molecule has 0 fully saturated rings. The highest BCUT2D eigenvalue weighted by Crippen LogP contribution is 2.28. The van der Waals surface area contributed by atoms with Gasteiger partial charge in [0.2, 0.25) is 0 Å². The van der Waals surface area contributed by atoms with Gasteiger partial charge in [-0.05, 0) is 29.7 Å². The molecule has 0 bridgehead atoms. The molecule has 0 unspecified atom stereocenters. The molecule has 19 heavy (non-hydrogen) atoms. The summed E-state index contributed by atoms with van der Waals surface area (Å²) in [4.78, 5) is 13.4. The van der Waals surface area contributed by atoms with Crippen LogP contribution in [0.5, 0.6) is 0 Å². The molecule has 1 N–H and O–H groups in total. The first-order valence-corrected chi connectivity index (χ1v) is 7.90. The van der Waals surface area contributed by atoms with Crippen LogP contribution < -0.4 is 5.32 Å². The summed E-state index contributed by atoms with van der Waals surface area (Å²) in [5.74, 6) is 2.61. The molecular weight excluding hydrogens is 278 g/mol. The van der Waals surface area contributed by atoms with Crippen molar-refractivity contribution in [2.45, 2.75) is 42.5 Å². The average molecular weight is 295 g/mol. The number of rotatable bonds is 6. The molecule has 0 spiro atoms. The van der Waals surface area contributed by atoms with Crippen LogP contribution in [0.4, 0.5) is 5.82 Å². The topological polar surface area (TPSA) is 63.6 Å². The monoisotopic (exact) mass is 295 g/mol. The summed E-state index contributed by atoms with van der Waals surface area (Å²) in [6.07, 6.45) is 2.79. The highest BCUT2D eigenvalue weighted by Gasteiger charge is 2.09. The Morgan fingerprint density at radius 1 is 1.21 bits per heavy atom. The van der Waals surface area contributed by atoms with E-state index in [1.807, 2.05) is 13.1 Å². The van der Waals surface area contributed by atoms with E-state index >= 15 is 0 Å². The number of hydrogen-bond donors (Lipinski definition) is 1. The van der Waals surface area contributed by atoms with Crippen molar-refractivity contribution in [2.24, 2.45) is 0 Å². The van der Waals surface area contributed by atoms with Crippen LogP contribution in [0.2, 0.25) is 0 Å². The molecule has 0 saturated heterocycles. The third kappa shape index (κ3) is 3.87. The lowest BCUT2D eigenvalue weighted by Gasteiger charge is -2.05. The van der Waals surface area contributed by atoms with E-state index in [0.717, 1.165) is 46.1 Å². The van der Waals surface area contributed by atoms with Gasteiger partial charge in [0.15, 0.2) is 4.34 Å². The van der Waals surface area contributed by atoms with E-state index in [9.17, 15) is 0 Å². The van der Waals surface area contributed by atoms with Crippen LogP contribution >= 0.6 is 23.3 Å². The van der Waals surface area contributed by atoms with Gasteiger partial charge < -0.3 is 5.32 Å². The summed E-state index contributed by atoms with van der Waals surface area (Å²) in [6.45, 7) is 4.18. The Morgan fingerprint density at radius 3 is 2.68 bits per heavy atom. The minimum atomic E-state index is 0.848. The SMILES string of the molecule is CCCc1nc(NC)cc(Sc2nc(CC)ns2)n1. The van der Waals surface area contributed by atoms with E-state index in [1.165, 1.54) is 11.5 Å². The third-order valence-corrected chi connectivity index (χ3v) is 4.14. The Balaban J connectivity index is 2.20. The number of nitrogens with one attached hydrogen (secondary N) is 1. The summed E-state index contributed by atoms with van der Waals surface area (Å²) < 4.78 is 5.21. The molecule has 2 aromatic rings. The zero-order chi connectivity index (χ0) is 13.7. The van der Waals surface area contributed by atoms with Crippen LogP contribution in [0.1, 0.15) is 31.9 Å². The van der Waals surface area contributed by atoms with Crippen LogP contribution in [0.15, 0.2) is 15.4 Å². The second kappa shape index (κ2) is 6.81. The predicted molar refractivity (Wildman–Crippen MR) is 79.0 cm³/mol. The Kier molecular flexibility index (Phi) is 5.09. The minimum absolute atomic E-state index is 0.848. The molecule has 2 aromatic heterocycles. The van der Waals surface area contributed by atoms with Gasteiger partial charge in [0.25, 0.3) is 0 Å². The maximum absolute atomic E-state index is 4.55. The largest absolute Gasteiger partial charge is 0.373 e. The van der Waals surface area contributed by atoms with Crippen molar-refractivity contribution in [3.8, 4) is 0 Å². The highest BCUT2D eigenvalue weighted by molar-refractivity contribution is 8.00. The molecule has 0 saturated carbocycles. The number of aromatic nitrogens is 4. The van der Waals surface area contributed by atoms with Crippen molar-refractivity contribution >= 4 is 29.1 Å². The first-order valence-electron chi connectivity index (χ1n) is 6.31. The standard InChI is InChI=1S/C12H17N5S2/c1-4-6-9-14-10(13-3)7-11(15-9)18-12-16-8(5-2)17-19-12/h7H,4-6H2,1-3H3,(H,13,14,15). The van der Waals surface area contributed by atoms with Gasteiger partial charge in [-0.15, -0.1) is 0 Å². The molecule has 102 valence electrons. The molecule has 2 rings (SSSR count). The fourth-order valence-corrected chi connectivity index (χ4v) is 3.17. The summed E-state index contributed by atoms with van der Waals surface area (Å²) in [5, 5.41) is 3.99. The molecule has 0 aliphatic heterocycles. The minimum Gasteiger partial charge on any atom is -0.373 e. The van der Waals surface area contributed by atoms with Crippen LogP contribution in [0.3, 0.4) is 0 Å². The third-order valence-electron chi connectivity index (χ3n) is 2.44. The van der Waals surface area contributed by atoms with Gasteiger partial charge in [-0.2, -0.15) is 4.37 Å². The number of hydrogen-bond acceptors (Lipinski definition) is 7. The van der Waals surface area contributed by atoms with Crippen molar-refractivity contribution < 1.29 is 0 Å². The van der Waals surface area contributed by atoms with Gasteiger partial charge in [-0.1, -0.05) is 13.8 Å². The Morgan fingerprint density at radius 2 is 2.05 bits per heavy atom. The fraction of sp³-hybridized carbons (Fsp3) is 0.500. The average Bonchev–Trinajstić information content (AvgIpc) is 2.86. The zero-order valence-electron chi connectivity index (χ0n) is 11.3. The number of nitrogens with zero attached hydrogens (tertiary/aromatic N) is 4. The first-order chi connectivity index (χ1) is 9.25. The van der Waals surface area contributed by atoms with Crippen LogP contribution in [0.25, 0.3) is 0 Å².